The van der Waals surface area contributed by atoms with E-state index in [0.717, 1.165) is 18.4 Å². The zero-order valence-electron chi connectivity index (χ0n) is 12.6. The van der Waals surface area contributed by atoms with Gasteiger partial charge in [0.2, 0.25) is 0 Å². The quantitative estimate of drug-likeness (QED) is 0.709. The molecule has 2 unspecified atom stereocenters. The minimum absolute atomic E-state index is 0.151. The molecule has 0 bridgehead atoms. The monoisotopic (exact) mass is 293 g/mol. The molecule has 1 nitrogen and oxygen atoms in total. The van der Waals surface area contributed by atoms with Crippen LogP contribution >= 0.6 is 11.3 Å². The molecule has 0 fully saturated rings. The van der Waals surface area contributed by atoms with Gasteiger partial charge in [-0.1, -0.05) is 27.2 Å². The largest absolute Gasteiger partial charge is 0.309 e. The highest BCUT2D eigenvalue weighted by Gasteiger charge is 2.20. The van der Waals surface area contributed by atoms with Crippen LogP contribution < -0.4 is 5.32 Å². The summed E-state index contributed by atoms with van der Waals surface area (Å²) >= 11 is 1.79. The third-order valence-electron chi connectivity index (χ3n) is 3.73. The molecule has 110 valence electrons. The smallest absolute Gasteiger partial charge is 0.123 e. The molecule has 1 aromatic carbocycles. The Morgan fingerprint density at radius 3 is 2.70 bits per heavy atom. The van der Waals surface area contributed by atoms with Crippen LogP contribution in [-0.4, -0.2) is 6.54 Å². The van der Waals surface area contributed by atoms with E-state index in [2.05, 4.69) is 32.2 Å². The second-order valence-electron chi connectivity index (χ2n) is 5.53. The molecule has 2 atom stereocenters. The Bertz CT molecular complexity index is 549. The Morgan fingerprint density at radius 2 is 2.00 bits per heavy atom. The standard InChI is InChI=1S/C17H24FNS/c1-4-6-12(3)17(19-9-5-2)16-11-13-10-14(18)7-8-15(13)20-16/h7-8,10-12,17,19H,4-6,9H2,1-3H3. The van der Waals surface area contributed by atoms with E-state index < -0.39 is 0 Å². The summed E-state index contributed by atoms with van der Waals surface area (Å²) in [5.41, 5.74) is 0. The van der Waals surface area contributed by atoms with Crippen molar-refractivity contribution in [1.82, 2.24) is 5.32 Å². The fourth-order valence-electron chi connectivity index (χ4n) is 2.69. The summed E-state index contributed by atoms with van der Waals surface area (Å²) in [5.74, 6) is 0.450. The molecule has 0 aliphatic rings. The lowest BCUT2D eigenvalue weighted by Gasteiger charge is -2.24. The number of halogens is 1. The van der Waals surface area contributed by atoms with Crippen LogP contribution in [0.3, 0.4) is 0 Å². The summed E-state index contributed by atoms with van der Waals surface area (Å²) < 4.78 is 14.5. The molecule has 3 heteroatoms. The number of fused-ring (bicyclic) bond motifs is 1. The van der Waals surface area contributed by atoms with Crippen LogP contribution in [0.2, 0.25) is 0 Å². The highest BCUT2D eigenvalue weighted by molar-refractivity contribution is 7.19. The van der Waals surface area contributed by atoms with E-state index in [1.54, 1.807) is 23.5 Å². The molecule has 0 radical (unpaired) electrons. The van der Waals surface area contributed by atoms with Gasteiger partial charge in [0, 0.05) is 15.6 Å². The highest BCUT2D eigenvalue weighted by Crippen LogP contribution is 2.35. The van der Waals surface area contributed by atoms with Gasteiger partial charge in [0.05, 0.1) is 0 Å². The molecule has 0 amide bonds. The number of hydrogen-bond acceptors (Lipinski definition) is 2. The number of nitrogens with one attached hydrogen (secondary N) is 1. The molecular formula is C17H24FNS. The second-order valence-corrected chi connectivity index (χ2v) is 6.64. The van der Waals surface area contributed by atoms with Crippen molar-refractivity contribution in [3.8, 4) is 0 Å². The second kappa shape index (κ2) is 7.19. The van der Waals surface area contributed by atoms with Crippen molar-refractivity contribution in [2.24, 2.45) is 5.92 Å². The molecule has 0 aliphatic carbocycles. The maximum Gasteiger partial charge on any atom is 0.123 e. The van der Waals surface area contributed by atoms with Gasteiger partial charge >= 0.3 is 0 Å². The van der Waals surface area contributed by atoms with Crippen LogP contribution in [0.5, 0.6) is 0 Å². The Labute approximate surface area is 125 Å². The average Bonchev–Trinajstić information content (AvgIpc) is 2.82. The number of thiophene rings is 1. The van der Waals surface area contributed by atoms with E-state index in [1.165, 1.54) is 22.4 Å². The van der Waals surface area contributed by atoms with Crippen molar-refractivity contribution in [2.75, 3.05) is 6.54 Å². The third-order valence-corrected chi connectivity index (χ3v) is 4.93. The summed E-state index contributed by atoms with van der Waals surface area (Å²) in [4.78, 5) is 1.33. The van der Waals surface area contributed by atoms with Gasteiger partial charge in [-0.05, 0) is 55.0 Å². The lowest BCUT2D eigenvalue weighted by molar-refractivity contribution is 0.368. The van der Waals surface area contributed by atoms with Gasteiger partial charge < -0.3 is 5.32 Å². The minimum Gasteiger partial charge on any atom is -0.309 e. The summed E-state index contributed by atoms with van der Waals surface area (Å²) in [6, 6.07) is 7.61. The number of benzene rings is 1. The van der Waals surface area contributed by atoms with Crippen LogP contribution in [0.4, 0.5) is 4.39 Å². The normalized spacial score (nSPS) is 14.6. The summed E-state index contributed by atoms with van der Waals surface area (Å²) in [6.45, 7) is 7.76. The predicted octanol–water partition coefficient (Wildman–Crippen LogP) is 5.52. The molecular weight excluding hydrogens is 269 g/mol. The molecule has 2 aromatic rings. The van der Waals surface area contributed by atoms with E-state index in [1.807, 2.05) is 6.07 Å². The van der Waals surface area contributed by atoms with Gasteiger partial charge in [-0.3, -0.25) is 0 Å². The molecule has 2 rings (SSSR count). The van der Waals surface area contributed by atoms with Crippen molar-refractivity contribution >= 4 is 21.4 Å². The first-order chi connectivity index (χ1) is 9.65. The summed E-state index contributed by atoms with van der Waals surface area (Å²) in [6.07, 6.45) is 3.55. The average molecular weight is 293 g/mol. The Balaban J connectivity index is 2.29. The van der Waals surface area contributed by atoms with Crippen molar-refractivity contribution in [2.45, 2.75) is 46.1 Å². The first-order valence-corrected chi connectivity index (χ1v) is 8.39. The molecule has 0 aliphatic heterocycles. The topological polar surface area (TPSA) is 12.0 Å². The van der Waals surface area contributed by atoms with Gasteiger partial charge in [-0.15, -0.1) is 11.3 Å². The summed E-state index contributed by atoms with van der Waals surface area (Å²) in [7, 11) is 0. The fourth-order valence-corrected chi connectivity index (χ4v) is 3.95. The van der Waals surface area contributed by atoms with Crippen LogP contribution in [-0.2, 0) is 0 Å². The van der Waals surface area contributed by atoms with Crippen molar-refractivity contribution < 1.29 is 4.39 Å². The molecule has 0 saturated carbocycles. The first kappa shape index (κ1) is 15.5. The zero-order chi connectivity index (χ0) is 14.5. The Kier molecular flexibility index (Phi) is 5.55. The zero-order valence-corrected chi connectivity index (χ0v) is 13.4. The maximum absolute atomic E-state index is 13.3. The van der Waals surface area contributed by atoms with E-state index in [0.29, 0.717) is 12.0 Å². The molecule has 0 saturated heterocycles. The molecule has 0 spiro atoms. The molecule has 1 N–H and O–H groups in total. The lowest BCUT2D eigenvalue weighted by Crippen LogP contribution is -2.27. The number of rotatable bonds is 7. The third kappa shape index (κ3) is 3.58. The minimum atomic E-state index is -0.151. The first-order valence-electron chi connectivity index (χ1n) is 7.58. The Hall–Kier alpha value is -0.930. The highest BCUT2D eigenvalue weighted by atomic mass is 32.1. The Morgan fingerprint density at radius 1 is 1.20 bits per heavy atom. The van der Waals surface area contributed by atoms with Crippen LogP contribution in [0, 0.1) is 11.7 Å². The van der Waals surface area contributed by atoms with Crippen LogP contribution in [0.25, 0.3) is 10.1 Å². The lowest BCUT2D eigenvalue weighted by atomic mass is 9.95. The molecule has 1 aromatic heterocycles. The van der Waals surface area contributed by atoms with Gasteiger partial charge in [0.15, 0.2) is 0 Å². The van der Waals surface area contributed by atoms with Crippen LogP contribution in [0.15, 0.2) is 24.3 Å². The van der Waals surface area contributed by atoms with Gasteiger partial charge in [0.1, 0.15) is 5.82 Å². The van der Waals surface area contributed by atoms with Gasteiger partial charge in [-0.2, -0.15) is 0 Å². The van der Waals surface area contributed by atoms with Gasteiger partial charge in [0.25, 0.3) is 0 Å². The van der Waals surface area contributed by atoms with Crippen LogP contribution in [0.1, 0.15) is 51.0 Å². The molecule has 1 heterocycles. The van der Waals surface area contributed by atoms with Gasteiger partial charge in [-0.25, -0.2) is 4.39 Å². The van der Waals surface area contributed by atoms with E-state index in [-0.39, 0.29) is 5.82 Å². The van der Waals surface area contributed by atoms with Crippen molar-refractivity contribution in [3.05, 3.63) is 35.0 Å². The van der Waals surface area contributed by atoms with E-state index in [9.17, 15) is 4.39 Å². The summed E-state index contributed by atoms with van der Waals surface area (Å²) in [5, 5.41) is 4.69. The SMILES string of the molecule is CCCNC(c1cc2cc(F)ccc2s1)C(C)CCC. The fraction of sp³-hybridized carbons (Fsp3) is 0.529. The van der Waals surface area contributed by atoms with Crippen molar-refractivity contribution in [1.29, 1.82) is 0 Å². The van der Waals surface area contributed by atoms with Crippen molar-refractivity contribution in [3.63, 3.8) is 0 Å². The van der Waals surface area contributed by atoms with E-state index in [4.69, 9.17) is 0 Å². The maximum atomic E-state index is 13.3. The predicted molar refractivity (Wildman–Crippen MR) is 86.9 cm³/mol. The molecule has 20 heavy (non-hydrogen) atoms. The number of hydrogen-bond donors (Lipinski definition) is 1. The van der Waals surface area contributed by atoms with E-state index >= 15 is 0 Å².